The molecule has 1 saturated heterocycles. The highest BCUT2D eigenvalue weighted by Crippen LogP contribution is 2.26. The molecule has 1 aliphatic carbocycles. The molecule has 0 atom stereocenters. The van der Waals surface area contributed by atoms with E-state index in [1.165, 1.54) is 0 Å². The highest BCUT2D eigenvalue weighted by molar-refractivity contribution is 6.44. The van der Waals surface area contributed by atoms with Gasteiger partial charge in [0.25, 0.3) is 0 Å². The summed E-state index contributed by atoms with van der Waals surface area (Å²) in [6.45, 7) is 0.259. The Morgan fingerprint density at radius 3 is 2.35 bits per heavy atom. The summed E-state index contributed by atoms with van der Waals surface area (Å²) >= 11 is 0. The van der Waals surface area contributed by atoms with Crippen LogP contribution < -0.4 is 4.74 Å². The molecule has 0 spiro atoms. The number of carbonyl (C=O) groups is 3. The van der Waals surface area contributed by atoms with E-state index < -0.39 is 17.8 Å². The van der Waals surface area contributed by atoms with Crippen molar-refractivity contribution in [1.82, 2.24) is 9.80 Å². The van der Waals surface area contributed by atoms with Gasteiger partial charge in [-0.3, -0.25) is 19.4 Å². The quantitative estimate of drug-likeness (QED) is 0.617. The minimum absolute atomic E-state index is 0.0848. The van der Waals surface area contributed by atoms with E-state index in [1.807, 2.05) is 18.2 Å². The van der Waals surface area contributed by atoms with Gasteiger partial charge in [-0.15, -0.1) is 0 Å². The normalized spacial score (nSPS) is 19.6. The molecule has 2 aliphatic rings. The van der Waals surface area contributed by atoms with Crippen molar-refractivity contribution in [3.8, 4) is 5.75 Å². The average molecular weight is 316 g/mol. The van der Waals surface area contributed by atoms with Crippen LogP contribution in [-0.4, -0.2) is 46.8 Å². The molecule has 6 nitrogen and oxygen atoms in total. The number of urea groups is 1. The molecule has 0 bridgehead atoms. The monoisotopic (exact) mass is 316 g/mol. The molecular weight excluding hydrogens is 296 g/mol. The molecule has 0 N–H and O–H groups in total. The zero-order chi connectivity index (χ0) is 16.2. The molecular formula is C17H20N2O4. The van der Waals surface area contributed by atoms with E-state index in [9.17, 15) is 14.4 Å². The topological polar surface area (TPSA) is 66.9 Å². The second-order valence-electron chi connectivity index (χ2n) is 5.87. The first-order valence-corrected chi connectivity index (χ1v) is 8.05. The Morgan fingerprint density at radius 1 is 0.957 bits per heavy atom. The predicted molar refractivity (Wildman–Crippen MR) is 82.8 cm³/mol. The number of rotatable bonds is 5. The highest BCUT2D eigenvalue weighted by atomic mass is 16.5. The third-order valence-corrected chi connectivity index (χ3v) is 4.35. The SMILES string of the molecule is O=C1C(=O)N(C2CCCCC2)C(=O)N1CCOc1ccccc1. The summed E-state index contributed by atoms with van der Waals surface area (Å²) in [4.78, 5) is 38.8. The van der Waals surface area contributed by atoms with E-state index >= 15 is 0 Å². The summed E-state index contributed by atoms with van der Waals surface area (Å²) < 4.78 is 5.50. The lowest BCUT2D eigenvalue weighted by Gasteiger charge is -2.28. The summed E-state index contributed by atoms with van der Waals surface area (Å²) in [5.74, 6) is -0.763. The third-order valence-electron chi connectivity index (χ3n) is 4.35. The van der Waals surface area contributed by atoms with Gasteiger partial charge < -0.3 is 4.74 Å². The van der Waals surface area contributed by atoms with E-state index in [0.29, 0.717) is 5.75 Å². The Kier molecular flexibility index (Phi) is 4.60. The summed E-state index contributed by atoms with van der Waals surface area (Å²) in [7, 11) is 0. The fraction of sp³-hybridized carbons (Fsp3) is 0.471. The van der Waals surface area contributed by atoms with E-state index in [2.05, 4.69) is 0 Å². The lowest BCUT2D eigenvalue weighted by atomic mass is 9.94. The third kappa shape index (κ3) is 3.21. The van der Waals surface area contributed by atoms with Gasteiger partial charge in [0.15, 0.2) is 0 Å². The summed E-state index contributed by atoms with van der Waals surface area (Å²) in [6.07, 6.45) is 4.69. The minimum atomic E-state index is -0.739. The Morgan fingerprint density at radius 2 is 1.65 bits per heavy atom. The maximum atomic E-state index is 12.4. The highest BCUT2D eigenvalue weighted by Gasteiger charge is 2.47. The zero-order valence-corrected chi connectivity index (χ0v) is 12.9. The van der Waals surface area contributed by atoms with Crippen LogP contribution in [0.5, 0.6) is 5.75 Å². The van der Waals surface area contributed by atoms with Crippen molar-refractivity contribution in [3.05, 3.63) is 30.3 Å². The first kappa shape index (κ1) is 15.5. The van der Waals surface area contributed by atoms with E-state index in [4.69, 9.17) is 4.74 Å². The second-order valence-corrected chi connectivity index (χ2v) is 5.87. The van der Waals surface area contributed by atoms with Gasteiger partial charge in [0.2, 0.25) is 0 Å². The van der Waals surface area contributed by atoms with Crippen molar-refractivity contribution in [1.29, 1.82) is 0 Å². The van der Waals surface area contributed by atoms with Gasteiger partial charge in [-0.25, -0.2) is 4.79 Å². The van der Waals surface area contributed by atoms with Crippen molar-refractivity contribution in [2.24, 2.45) is 0 Å². The molecule has 0 unspecified atom stereocenters. The minimum Gasteiger partial charge on any atom is -0.492 e. The van der Waals surface area contributed by atoms with Crippen LogP contribution in [0.15, 0.2) is 30.3 Å². The number of hydrogen-bond donors (Lipinski definition) is 0. The summed E-state index contributed by atoms with van der Waals surface area (Å²) in [5, 5.41) is 0. The van der Waals surface area contributed by atoms with Crippen LogP contribution >= 0.6 is 0 Å². The Bertz CT molecular complexity index is 596. The van der Waals surface area contributed by atoms with E-state index in [1.54, 1.807) is 12.1 Å². The van der Waals surface area contributed by atoms with Crippen LogP contribution in [0, 0.1) is 0 Å². The average Bonchev–Trinajstić information content (AvgIpc) is 2.80. The molecule has 122 valence electrons. The molecule has 0 radical (unpaired) electrons. The molecule has 0 aromatic heterocycles. The van der Waals surface area contributed by atoms with Gasteiger partial charge >= 0.3 is 17.8 Å². The first-order chi connectivity index (χ1) is 11.2. The maximum Gasteiger partial charge on any atom is 0.334 e. The van der Waals surface area contributed by atoms with Crippen LogP contribution in [-0.2, 0) is 9.59 Å². The van der Waals surface area contributed by atoms with Crippen molar-refractivity contribution < 1.29 is 19.1 Å². The fourth-order valence-electron chi connectivity index (χ4n) is 3.15. The smallest absolute Gasteiger partial charge is 0.334 e. The largest absolute Gasteiger partial charge is 0.492 e. The van der Waals surface area contributed by atoms with Crippen LogP contribution in [0.3, 0.4) is 0 Å². The van der Waals surface area contributed by atoms with Gasteiger partial charge in [0.05, 0.1) is 6.54 Å². The lowest BCUT2D eigenvalue weighted by Crippen LogP contribution is -2.42. The Balaban J connectivity index is 1.60. The Labute approximate surface area is 135 Å². The number of amides is 4. The van der Waals surface area contributed by atoms with Gasteiger partial charge in [-0.2, -0.15) is 0 Å². The molecule has 1 aromatic carbocycles. The molecule has 6 heteroatoms. The van der Waals surface area contributed by atoms with Crippen LogP contribution in [0.1, 0.15) is 32.1 Å². The van der Waals surface area contributed by atoms with Crippen LogP contribution in [0.4, 0.5) is 4.79 Å². The van der Waals surface area contributed by atoms with Crippen molar-refractivity contribution in [3.63, 3.8) is 0 Å². The number of benzene rings is 1. The number of carbonyl (C=O) groups excluding carboxylic acids is 3. The van der Waals surface area contributed by atoms with Crippen LogP contribution in [0.2, 0.25) is 0 Å². The predicted octanol–water partition coefficient (Wildman–Crippen LogP) is 2.19. The maximum absolute atomic E-state index is 12.4. The zero-order valence-electron chi connectivity index (χ0n) is 12.9. The van der Waals surface area contributed by atoms with Crippen molar-refractivity contribution >= 4 is 17.8 Å². The van der Waals surface area contributed by atoms with Gasteiger partial charge in [0.1, 0.15) is 12.4 Å². The van der Waals surface area contributed by atoms with Crippen molar-refractivity contribution in [2.75, 3.05) is 13.2 Å². The fourth-order valence-corrected chi connectivity index (χ4v) is 3.15. The van der Waals surface area contributed by atoms with Gasteiger partial charge in [0, 0.05) is 6.04 Å². The van der Waals surface area contributed by atoms with Gasteiger partial charge in [-0.05, 0) is 25.0 Å². The summed E-state index contributed by atoms with van der Waals surface area (Å²) in [5.41, 5.74) is 0. The molecule has 23 heavy (non-hydrogen) atoms. The molecule has 1 saturated carbocycles. The molecule has 1 aromatic rings. The number of imide groups is 2. The second kappa shape index (κ2) is 6.81. The van der Waals surface area contributed by atoms with Crippen LogP contribution in [0.25, 0.3) is 0 Å². The van der Waals surface area contributed by atoms with Gasteiger partial charge in [-0.1, -0.05) is 37.5 Å². The number of para-hydroxylation sites is 1. The molecule has 4 amide bonds. The van der Waals surface area contributed by atoms with E-state index in [-0.39, 0.29) is 19.2 Å². The molecule has 1 heterocycles. The van der Waals surface area contributed by atoms with E-state index in [0.717, 1.165) is 41.9 Å². The number of nitrogens with zero attached hydrogens (tertiary/aromatic N) is 2. The Hall–Kier alpha value is -2.37. The lowest BCUT2D eigenvalue weighted by molar-refractivity contribution is -0.144. The molecule has 1 aliphatic heterocycles. The molecule has 3 rings (SSSR count). The summed E-state index contributed by atoms with van der Waals surface area (Å²) in [6, 6.07) is 8.53. The first-order valence-electron chi connectivity index (χ1n) is 8.05. The number of hydrogen-bond acceptors (Lipinski definition) is 4. The van der Waals surface area contributed by atoms with Crippen molar-refractivity contribution in [2.45, 2.75) is 38.1 Å². The standard InChI is InChI=1S/C17H20N2O4/c20-15-16(21)19(13-7-3-1-4-8-13)17(22)18(15)11-12-23-14-9-5-2-6-10-14/h2,5-6,9-10,13H,1,3-4,7-8,11-12H2. The number of ether oxygens (including phenoxy) is 1. The molecule has 2 fully saturated rings.